The molecule has 1 N–H and O–H groups in total. The molecule has 142 valence electrons. The SMILES string of the molecule is CCOC(=O)COc1c(I)cc(/C=N\NC(=O)c2ccc(Cl)cc2)cc1I. The Morgan fingerprint density at radius 2 is 1.81 bits per heavy atom. The molecule has 0 aliphatic heterocycles. The summed E-state index contributed by atoms with van der Waals surface area (Å²) in [5.74, 6) is -0.145. The maximum absolute atomic E-state index is 12.0. The highest BCUT2D eigenvalue weighted by atomic mass is 127. The highest BCUT2D eigenvalue weighted by molar-refractivity contribution is 14.1. The van der Waals surface area contributed by atoms with Gasteiger partial charge in [0.25, 0.3) is 5.91 Å². The third-order valence-electron chi connectivity index (χ3n) is 3.15. The quantitative estimate of drug-likeness (QED) is 0.220. The van der Waals surface area contributed by atoms with Gasteiger partial charge in [0, 0.05) is 10.6 Å². The predicted molar refractivity (Wildman–Crippen MR) is 121 cm³/mol. The Kier molecular flexibility index (Phi) is 8.77. The zero-order valence-corrected chi connectivity index (χ0v) is 19.2. The average molecular weight is 613 g/mol. The number of ether oxygens (including phenoxy) is 2. The molecule has 0 atom stereocenters. The molecule has 27 heavy (non-hydrogen) atoms. The normalized spacial score (nSPS) is 10.7. The van der Waals surface area contributed by atoms with Gasteiger partial charge in [0.1, 0.15) is 5.75 Å². The van der Waals surface area contributed by atoms with Crippen molar-refractivity contribution in [3.8, 4) is 5.75 Å². The Morgan fingerprint density at radius 3 is 2.41 bits per heavy atom. The van der Waals surface area contributed by atoms with Crippen LogP contribution in [0.5, 0.6) is 5.75 Å². The van der Waals surface area contributed by atoms with Gasteiger partial charge in [0.15, 0.2) is 6.61 Å². The van der Waals surface area contributed by atoms with Crippen LogP contribution >= 0.6 is 56.8 Å². The third kappa shape index (κ3) is 6.92. The van der Waals surface area contributed by atoms with E-state index in [4.69, 9.17) is 21.1 Å². The van der Waals surface area contributed by atoms with Crippen LogP contribution in [0.4, 0.5) is 0 Å². The molecule has 0 unspecified atom stereocenters. The maximum atomic E-state index is 12.0. The van der Waals surface area contributed by atoms with Gasteiger partial charge in [-0.05, 0) is 94.1 Å². The Balaban J connectivity index is 2.00. The van der Waals surface area contributed by atoms with Crippen LogP contribution in [-0.4, -0.2) is 31.3 Å². The number of nitrogens with one attached hydrogen (secondary N) is 1. The van der Waals surface area contributed by atoms with E-state index in [9.17, 15) is 9.59 Å². The lowest BCUT2D eigenvalue weighted by molar-refractivity contribution is -0.145. The van der Waals surface area contributed by atoms with Crippen LogP contribution in [0.1, 0.15) is 22.8 Å². The summed E-state index contributed by atoms with van der Waals surface area (Å²) in [6.07, 6.45) is 1.53. The van der Waals surface area contributed by atoms with Gasteiger partial charge in [-0.3, -0.25) is 4.79 Å². The number of carbonyl (C=O) groups is 2. The number of amides is 1. The number of rotatable bonds is 7. The van der Waals surface area contributed by atoms with Crippen molar-refractivity contribution in [1.82, 2.24) is 5.43 Å². The summed E-state index contributed by atoms with van der Waals surface area (Å²) < 4.78 is 12.0. The first-order chi connectivity index (χ1) is 12.9. The molecule has 6 nitrogen and oxygen atoms in total. The largest absolute Gasteiger partial charge is 0.480 e. The van der Waals surface area contributed by atoms with E-state index in [-0.39, 0.29) is 12.5 Å². The van der Waals surface area contributed by atoms with Crippen LogP contribution in [-0.2, 0) is 9.53 Å². The summed E-state index contributed by atoms with van der Waals surface area (Å²) >= 11 is 10.0. The molecule has 0 radical (unpaired) electrons. The van der Waals surface area contributed by atoms with Crippen LogP contribution in [0.15, 0.2) is 41.5 Å². The predicted octanol–water partition coefficient (Wildman–Crippen LogP) is 4.26. The second-order valence-corrected chi connectivity index (χ2v) is 7.87. The monoisotopic (exact) mass is 612 g/mol. The van der Waals surface area contributed by atoms with Gasteiger partial charge in [0.2, 0.25) is 0 Å². The van der Waals surface area contributed by atoms with Crippen LogP contribution in [0, 0.1) is 7.14 Å². The first-order valence-electron chi connectivity index (χ1n) is 7.77. The summed E-state index contributed by atoms with van der Waals surface area (Å²) in [4.78, 5) is 23.4. The van der Waals surface area contributed by atoms with E-state index in [0.29, 0.717) is 22.9 Å². The number of hydrazone groups is 1. The first-order valence-corrected chi connectivity index (χ1v) is 10.3. The van der Waals surface area contributed by atoms with E-state index in [1.54, 1.807) is 31.2 Å². The molecule has 1 amide bonds. The highest BCUT2D eigenvalue weighted by Gasteiger charge is 2.11. The number of hydrogen-bond donors (Lipinski definition) is 1. The summed E-state index contributed by atoms with van der Waals surface area (Å²) in [5.41, 5.74) is 3.71. The van der Waals surface area contributed by atoms with E-state index in [1.807, 2.05) is 12.1 Å². The van der Waals surface area contributed by atoms with Crippen LogP contribution in [0.3, 0.4) is 0 Å². The lowest BCUT2D eigenvalue weighted by Gasteiger charge is -2.10. The third-order valence-corrected chi connectivity index (χ3v) is 5.00. The fourth-order valence-corrected chi connectivity index (χ4v) is 4.21. The number of hydrogen-bond acceptors (Lipinski definition) is 5. The second kappa shape index (κ2) is 10.8. The summed E-state index contributed by atoms with van der Waals surface area (Å²) in [6.45, 7) is 1.91. The molecule has 0 aromatic heterocycles. The summed E-state index contributed by atoms with van der Waals surface area (Å²) in [7, 11) is 0. The van der Waals surface area contributed by atoms with Crippen molar-refractivity contribution >= 4 is 74.9 Å². The Morgan fingerprint density at radius 1 is 1.19 bits per heavy atom. The van der Waals surface area contributed by atoms with E-state index >= 15 is 0 Å². The lowest BCUT2D eigenvalue weighted by Crippen LogP contribution is -2.17. The van der Waals surface area contributed by atoms with Gasteiger partial charge in [-0.25, -0.2) is 10.2 Å². The van der Waals surface area contributed by atoms with Crippen molar-refractivity contribution in [1.29, 1.82) is 0 Å². The van der Waals surface area contributed by atoms with Gasteiger partial charge in [-0.15, -0.1) is 0 Å². The van der Waals surface area contributed by atoms with Crippen molar-refractivity contribution in [2.45, 2.75) is 6.92 Å². The molecule has 0 saturated carbocycles. The molecule has 0 heterocycles. The lowest BCUT2D eigenvalue weighted by atomic mass is 10.2. The van der Waals surface area contributed by atoms with E-state index in [1.165, 1.54) is 6.21 Å². The van der Waals surface area contributed by atoms with Gasteiger partial charge < -0.3 is 9.47 Å². The highest BCUT2D eigenvalue weighted by Crippen LogP contribution is 2.28. The number of esters is 1. The van der Waals surface area contributed by atoms with Crippen molar-refractivity contribution in [2.24, 2.45) is 5.10 Å². The Bertz CT molecular complexity index is 834. The molecular formula is C18H15ClI2N2O4. The summed E-state index contributed by atoms with van der Waals surface area (Å²) in [6, 6.07) is 10.2. The molecule has 9 heteroatoms. The fraction of sp³-hybridized carbons (Fsp3) is 0.167. The smallest absolute Gasteiger partial charge is 0.344 e. The molecule has 0 bridgehead atoms. The molecule has 0 spiro atoms. The molecule has 2 aromatic carbocycles. The number of carbonyl (C=O) groups excluding carboxylic acids is 2. The molecule has 2 rings (SSSR count). The van der Waals surface area contributed by atoms with Gasteiger partial charge >= 0.3 is 5.97 Å². The molecular weight excluding hydrogens is 597 g/mol. The number of benzene rings is 2. The Labute approximate surface area is 188 Å². The summed E-state index contributed by atoms with van der Waals surface area (Å²) in [5, 5.41) is 4.53. The Hall–Kier alpha value is -1.40. The maximum Gasteiger partial charge on any atom is 0.344 e. The van der Waals surface area contributed by atoms with Crippen LogP contribution in [0.2, 0.25) is 5.02 Å². The minimum atomic E-state index is -0.417. The number of halogens is 3. The van der Waals surface area contributed by atoms with Crippen LogP contribution in [0.25, 0.3) is 0 Å². The molecule has 2 aromatic rings. The van der Waals surface area contributed by atoms with Crippen molar-refractivity contribution in [2.75, 3.05) is 13.2 Å². The molecule has 0 aliphatic carbocycles. The van der Waals surface area contributed by atoms with Gasteiger partial charge in [-0.2, -0.15) is 5.10 Å². The molecule has 0 fully saturated rings. The minimum Gasteiger partial charge on any atom is -0.480 e. The van der Waals surface area contributed by atoms with E-state index in [0.717, 1.165) is 12.7 Å². The molecule has 0 aliphatic rings. The standard InChI is InChI=1S/C18H15ClI2N2O4/c1-2-26-16(24)10-27-17-14(20)7-11(8-15(17)21)9-22-23-18(25)12-3-5-13(19)6-4-12/h3-9H,2,10H2,1H3,(H,23,25)/b22-9-. The van der Waals surface area contributed by atoms with Crippen molar-refractivity contribution in [3.05, 3.63) is 59.7 Å². The second-order valence-electron chi connectivity index (χ2n) is 5.11. The first kappa shape index (κ1) is 21.9. The zero-order valence-electron chi connectivity index (χ0n) is 14.2. The zero-order chi connectivity index (χ0) is 19.8. The van der Waals surface area contributed by atoms with Gasteiger partial charge in [-0.1, -0.05) is 11.6 Å². The number of nitrogens with zero attached hydrogens (tertiary/aromatic N) is 1. The topological polar surface area (TPSA) is 77.0 Å². The van der Waals surface area contributed by atoms with Crippen LogP contribution < -0.4 is 10.2 Å². The van der Waals surface area contributed by atoms with Gasteiger partial charge in [0.05, 0.1) is 20.0 Å². The van der Waals surface area contributed by atoms with E-state index < -0.39 is 5.97 Å². The average Bonchev–Trinajstić information content (AvgIpc) is 2.61. The van der Waals surface area contributed by atoms with E-state index in [2.05, 4.69) is 55.7 Å². The minimum absolute atomic E-state index is 0.148. The molecule has 0 saturated heterocycles. The van der Waals surface area contributed by atoms with Crippen molar-refractivity contribution < 1.29 is 19.1 Å². The van der Waals surface area contributed by atoms with Crippen molar-refractivity contribution in [3.63, 3.8) is 0 Å². The fourth-order valence-electron chi connectivity index (χ4n) is 1.96.